The van der Waals surface area contributed by atoms with Gasteiger partial charge in [-0.05, 0) is 41.5 Å². The van der Waals surface area contributed by atoms with Crippen LogP contribution in [0.15, 0.2) is 73.1 Å². The van der Waals surface area contributed by atoms with Gasteiger partial charge >= 0.3 is 6.09 Å². The van der Waals surface area contributed by atoms with Gasteiger partial charge in [0.1, 0.15) is 11.5 Å². The van der Waals surface area contributed by atoms with Gasteiger partial charge < -0.3 is 19.3 Å². The minimum atomic E-state index is -1.73. The number of benzene rings is 2. The number of aromatic nitrogens is 1. The van der Waals surface area contributed by atoms with Gasteiger partial charge in [-0.25, -0.2) is 4.79 Å². The smallest absolute Gasteiger partial charge is 0.413 e. The van der Waals surface area contributed by atoms with Crippen LogP contribution in [0.3, 0.4) is 0 Å². The molecule has 2 atom stereocenters. The molecule has 1 aliphatic rings. The van der Waals surface area contributed by atoms with Gasteiger partial charge in [0.25, 0.3) is 0 Å². The van der Waals surface area contributed by atoms with Crippen LogP contribution in [0.4, 0.5) is 4.79 Å². The molecule has 1 saturated heterocycles. The Hall–Kier alpha value is -3.58. The van der Waals surface area contributed by atoms with Crippen molar-refractivity contribution in [3.05, 3.63) is 89.7 Å². The summed E-state index contributed by atoms with van der Waals surface area (Å²) in [7, 11) is 3.15. The molecular formula is C23H22N2O5. The van der Waals surface area contributed by atoms with E-state index in [1.165, 1.54) is 4.90 Å². The zero-order valence-corrected chi connectivity index (χ0v) is 16.7. The summed E-state index contributed by atoms with van der Waals surface area (Å²) in [5, 5.41) is 11.9. The van der Waals surface area contributed by atoms with Gasteiger partial charge in [-0.3, -0.25) is 9.88 Å². The first kappa shape index (κ1) is 19.7. The zero-order chi connectivity index (χ0) is 21.1. The minimum absolute atomic E-state index is 0.141. The quantitative estimate of drug-likeness (QED) is 0.673. The third-order valence-electron chi connectivity index (χ3n) is 5.21. The zero-order valence-electron chi connectivity index (χ0n) is 16.7. The molecule has 7 heteroatoms. The van der Waals surface area contributed by atoms with E-state index in [-0.39, 0.29) is 6.54 Å². The summed E-state index contributed by atoms with van der Waals surface area (Å²) < 4.78 is 16.1. The second-order valence-corrected chi connectivity index (χ2v) is 6.94. The number of methoxy groups -OCH3 is 2. The molecule has 0 bridgehead atoms. The molecule has 1 aromatic heterocycles. The predicted molar refractivity (Wildman–Crippen MR) is 109 cm³/mol. The number of pyridine rings is 1. The number of ether oxygens (including phenoxy) is 3. The van der Waals surface area contributed by atoms with Crippen LogP contribution in [0.25, 0.3) is 0 Å². The first-order chi connectivity index (χ1) is 14.6. The molecule has 0 unspecified atom stereocenters. The molecule has 0 spiro atoms. The van der Waals surface area contributed by atoms with E-state index in [0.717, 1.165) is 5.56 Å². The number of rotatable bonds is 6. The van der Waals surface area contributed by atoms with E-state index in [1.54, 1.807) is 81.2 Å². The lowest BCUT2D eigenvalue weighted by Gasteiger charge is -2.34. The fraction of sp³-hybridized carbons (Fsp3) is 0.217. The molecule has 30 heavy (non-hydrogen) atoms. The normalized spacial score (nSPS) is 20.7. The number of hydrogen-bond donors (Lipinski definition) is 1. The lowest BCUT2D eigenvalue weighted by atomic mass is 9.91. The van der Waals surface area contributed by atoms with E-state index in [2.05, 4.69) is 4.98 Å². The molecule has 3 aromatic rings. The topological polar surface area (TPSA) is 81.1 Å². The van der Waals surface area contributed by atoms with Gasteiger partial charge in [-0.15, -0.1) is 0 Å². The largest absolute Gasteiger partial charge is 0.497 e. The highest BCUT2D eigenvalue weighted by atomic mass is 16.6. The number of aliphatic hydroxyl groups is 1. The lowest BCUT2D eigenvalue weighted by molar-refractivity contribution is -0.113. The Kier molecular flexibility index (Phi) is 5.29. The van der Waals surface area contributed by atoms with Crippen molar-refractivity contribution in [1.29, 1.82) is 0 Å². The SMILES string of the molecule is COc1ccc([C@H]2OC(=O)N(Cc3cccnc3)[C@@]2(O)c2ccc(OC)cc2)cc1. The van der Waals surface area contributed by atoms with E-state index in [1.807, 2.05) is 6.07 Å². The number of carbonyl (C=O) groups is 1. The minimum Gasteiger partial charge on any atom is -0.497 e. The molecule has 2 heterocycles. The van der Waals surface area contributed by atoms with E-state index in [4.69, 9.17) is 14.2 Å². The van der Waals surface area contributed by atoms with Crippen LogP contribution < -0.4 is 9.47 Å². The molecule has 0 aliphatic carbocycles. The summed E-state index contributed by atoms with van der Waals surface area (Å²) in [6, 6.07) is 17.6. The summed E-state index contributed by atoms with van der Waals surface area (Å²) >= 11 is 0. The Morgan fingerprint density at radius 2 is 1.67 bits per heavy atom. The number of hydrogen-bond acceptors (Lipinski definition) is 6. The first-order valence-electron chi connectivity index (χ1n) is 9.44. The van der Waals surface area contributed by atoms with E-state index in [0.29, 0.717) is 22.6 Å². The van der Waals surface area contributed by atoms with Crippen LogP contribution in [-0.4, -0.2) is 35.3 Å². The Labute approximate surface area is 174 Å². The van der Waals surface area contributed by atoms with Gasteiger partial charge in [0.15, 0.2) is 6.10 Å². The van der Waals surface area contributed by atoms with Gasteiger partial charge in [0.2, 0.25) is 5.72 Å². The van der Waals surface area contributed by atoms with Crippen LogP contribution in [0.1, 0.15) is 22.8 Å². The van der Waals surface area contributed by atoms with Crippen LogP contribution in [0, 0.1) is 0 Å². The fourth-order valence-corrected chi connectivity index (χ4v) is 3.61. The highest BCUT2D eigenvalue weighted by Gasteiger charge is 2.56. The fourth-order valence-electron chi connectivity index (χ4n) is 3.61. The average Bonchev–Trinajstić information content (AvgIpc) is 3.06. The lowest BCUT2D eigenvalue weighted by Crippen LogP contribution is -2.45. The molecule has 0 saturated carbocycles. The van der Waals surface area contributed by atoms with Crippen molar-refractivity contribution in [2.75, 3.05) is 14.2 Å². The van der Waals surface area contributed by atoms with Crippen molar-refractivity contribution in [2.24, 2.45) is 0 Å². The van der Waals surface area contributed by atoms with E-state index in [9.17, 15) is 9.90 Å². The monoisotopic (exact) mass is 406 g/mol. The van der Waals surface area contributed by atoms with Crippen molar-refractivity contribution in [1.82, 2.24) is 9.88 Å². The third-order valence-corrected chi connectivity index (χ3v) is 5.21. The van der Waals surface area contributed by atoms with Gasteiger partial charge in [0.05, 0.1) is 20.8 Å². The molecule has 1 fully saturated rings. The highest BCUT2D eigenvalue weighted by Crippen LogP contribution is 2.47. The Balaban J connectivity index is 1.79. The number of cyclic esters (lactones) is 1. The molecule has 1 N–H and O–H groups in total. The van der Waals surface area contributed by atoms with E-state index >= 15 is 0 Å². The van der Waals surface area contributed by atoms with Gasteiger partial charge in [-0.2, -0.15) is 0 Å². The Morgan fingerprint density at radius 3 is 2.23 bits per heavy atom. The molecule has 7 nitrogen and oxygen atoms in total. The summed E-state index contributed by atoms with van der Waals surface area (Å²) in [5.41, 5.74) is 0.208. The summed E-state index contributed by atoms with van der Waals surface area (Å²) in [5.74, 6) is 1.32. The Morgan fingerprint density at radius 1 is 1.03 bits per heavy atom. The maximum absolute atomic E-state index is 12.9. The van der Waals surface area contributed by atoms with Crippen LogP contribution >= 0.6 is 0 Å². The maximum atomic E-state index is 12.9. The number of nitrogens with zero attached hydrogens (tertiary/aromatic N) is 2. The van der Waals surface area contributed by atoms with Crippen LogP contribution in [0.2, 0.25) is 0 Å². The van der Waals surface area contributed by atoms with E-state index < -0.39 is 17.9 Å². The molecule has 2 aromatic carbocycles. The van der Waals surface area contributed by atoms with Crippen molar-refractivity contribution in [2.45, 2.75) is 18.4 Å². The van der Waals surface area contributed by atoms with Crippen LogP contribution in [-0.2, 0) is 17.0 Å². The average molecular weight is 406 g/mol. The Bertz CT molecular complexity index is 1010. The van der Waals surface area contributed by atoms with Crippen LogP contribution in [0.5, 0.6) is 11.5 Å². The van der Waals surface area contributed by atoms with Gasteiger partial charge in [-0.1, -0.05) is 30.3 Å². The standard InChI is InChI=1S/C23H22N2O5/c1-28-19-9-5-17(6-10-19)21-23(27,18-7-11-20(29-2)12-8-18)25(22(26)30-21)15-16-4-3-13-24-14-16/h3-14,21,27H,15H2,1-2H3/t21-,23-/m1/s1. The predicted octanol–water partition coefficient (Wildman–Crippen LogP) is 3.64. The van der Waals surface area contributed by atoms with Crippen molar-refractivity contribution in [3.8, 4) is 11.5 Å². The summed E-state index contributed by atoms with van der Waals surface area (Å²) in [4.78, 5) is 18.3. The second kappa shape index (κ2) is 8.04. The maximum Gasteiger partial charge on any atom is 0.413 e. The third kappa shape index (κ3) is 3.44. The molecular weight excluding hydrogens is 384 g/mol. The highest BCUT2D eigenvalue weighted by molar-refractivity contribution is 5.72. The second-order valence-electron chi connectivity index (χ2n) is 6.94. The molecule has 4 rings (SSSR count). The summed E-state index contributed by atoms with van der Waals surface area (Å²) in [6.07, 6.45) is 1.77. The molecule has 154 valence electrons. The van der Waals surface area contributed by atoms with Gasteiger partial charge in [0, 0.05) is 18.0 Å². The van der Waals surface area contributed by atoms with Crippen molar-refractivity contribution >= 4 is 6.09 Å². The number of carbonyl (C=O) groups excluding carboxylic acids is 1. The summed E-state index contributed by atoms with van der Waals surface area (Å²) in [6.45, 7) is 0.141. The number of amides is 1. The van der Waals surface area contributed by atoms with Crippen molar-refractivity contribution in [3.63, 3.8) is 0 Å². The molecule has 1 aliphatic heterocycles. The first-order valence-corrected chi connectivity index (χ1v) is 9.44. The van der Waals surface area contributed by atoms with Crippen molar-refractivity contribution < 1.29 is 24.1 Å². The molecule has 1 amide bonds. The molecule has 0 radical (unpaired) electrons.